The SMILES string of the molecule is CCCCCCCCOC(=O)CCCCCCCCC(=O)OCCOc1ccccc1Cl. The fourth-order valence-corrected chi connectivity index (χ4v) is 3.52. The third kappa shape index (κ3) is 16.0. The Hall–Kier alpha value is -1.75. The average Bonchev–Trinajstić information content (AvgIpc) is 2.79. The second kappa shape index (κ2) is 19.9. The first-order valence-corrected chi connectivity index (χ1v) is 12.7. The largest absolute Gasteiger partial charge is 0.488 e. The molecule has 0 unspecified atom stereocenters. The van der Waals surface area contributed by atoms with Gasteiger partial charge < -0.3 is 14.2 Å². The number of rotatable bonds is 20. The highest BCUT2D eigenvalue weighted by atomic mass is 35.5. The van der Waals surface area contributed by atoms with Crippen LogP contribution in [0.2, 0.25) is 5.02 Å². The van der Waals surface area contributed by atoms with E-state index in [1.54, 1.807) is 12.1 Å². The molecule has 0 saturated carbocycles. The Bertz CT molecular complexity index is 620. The van der Waals surface area contributed by atoms with Gasteiger partial charge in [0.25, 0.3) is 0 Å². The zero-order chi connectivity index (χ0) is 23.3. The van der Waals surface area contributed by atoms with Crippen molar-refractivity contribution in [1.29, 1.82) is 0 Å². The highest BCUT2D eigenvalue weighted by Gasteiger charge is 2.05. The van der Waals surface area contributed by atoms with Gasteiger partial charge in [0.05, 0.1) is 11.6 Å². The molecule has 1 rings (SSSR count). The summed E-state index contributed by atoms with van der Waals surface area (Å²) >= 11 is 6.00. The van der Waals surface area contributed by atoms with Crippen LogP contribution in [0.3, 0.4) is 0 Å². The smallest absolute Gasteiger partial charge is 0.305 e. The van der Waals surface area contributed by atoms with E-state index in [-0.39, 0.29) is 25.2 Å². The van der Waals surface area contributed by atoms with Gasteiger partial charge in [0.15, 0.2) is 0 Å². The molecule has 0 amide bonds. The maximum atomic E-state index is 11.7. The summed E-state index contributed by atoms with van der Waals surface area (Å²) in [7, 11) is 0. The van der Waals surface area contributed by atoms with E-state index in [9.17, 15) is 9.59 Å². The van der Waals surface area contributed by atoms with Crippen molar-refractivity contribution in [2.75, 3.05) is 19.8 Å². The lowest BCUT2D eigenvalue weighted by atomic mass is 10.1. The number of carbonyl (C=O) groups excluding carboxylic acids is 2. The fourth-order valence-electron chi connectivity index (χ4n) is 3.33. The van der Waals surface area contributed by atoms with Crippen LogP contribution in [0, 0.1) is 0 Å². The first kappa shape index (κ1) is 28.3. The second-order valence-corrected chi connectivity index (χ2v) is 8.52. The Morgan fingerprint density at radius 3 is 1.84 bits per heavy atom. The minimum atomic E-state index is -0.194. The van der Waals surface area contributed by atoms with Crippen LogP contribution in [0.4, 0.5) is 0 Å². The van der Waals surface area contributed by atoms with Crippen molar-refractivity contribution in [3.05, 3.63) is 29.3 Å². The maximum absolute atomic E-state index is 11.7. The van der Waals surface area contributed by atoms with Crippen molar-refractivity contribution >= 4 is 23.5 Å². The van der Waals surface area contributed by atoms with Crippen molar-refractivity contribution in [2.24, 2.45) is 0 Å². The summed E-state index contributed by atoms with van der Waals surface area (Å²) in [5, 5.41) is 0.545. The van der Waals surface area contributed by atoms with E-state index in [1.165, 1.54) is 25.7 Å². The number of benzene rings is 1. The van der Waals surface area contributed by atoms with E-state index in [0.29, 0.717) is 30.2 Å². The molecule has 0 N–H and O–H groups in total. The molecule has 0 heterocycles. The van der Waals surface area contributed by atoms with Crippen LogP contribution in [-0.2, 0) is 19.1 Å². The molecule has 5 nitrogen and oxygen atoms in total. The normalized spacial score (nSPS) is 10.7. The average molecular weight is 469 g/mol. The van der Waals surface area contributed by atoms with Gasteiger partial charge in [0.1, 0.15) is 19.0 Å². The van der Waals surface area contributed by atoms with Crippen LogP contribution in [-0.4, -0.2) is 31.8 Å². The van der Waals surface area contributed by atoms with Crippen molar-refractivity contribution in [2.45, 2.75) is 96.8 Å². The van der Waals surface area contributed by atoms with Crippen LogP contribution >= 0.6 is 11.6 Å². The third-order valence-corrected chi connectivity index (χ3v) is 5.53. The summed E-state index contributed by atoms with van der Waals surface area (Å²) in [5.41, 5.74) is 0. The molecular formula is C26H41ClO5. The number of hydrogen-bond acceptors (Lipinski definition) is 5. The van der Waals surface area contributed by atoms with Gasteiger partial charge in [-0.25, -0.2) is 0 Å². The molecule has 0 fully saturated rings. The number of esters is 2. The van der Waals surface area contributed by atoms with Gasteiger partial charge in [-0.2, -0.15) is 0 Å². The van der Waals surface area contributed by atoms with E-state index in [0.717, 1.165) is 51.4 Å². The van der Waals surface area contributed by atoms with Crippen LogP contribution in [0.15, 0.2) is 24.3 Å². The van der Waals surface area contributed by atoms with E-state index in [4.69, 9.17) is 25.8 Å². The van der Waals surface area contributed by atoms with Crippen molar-refractivity contribution in [3.8, 4) is 5.75 Å². The lowest BCUT2D eigenvalue weighted by Crippen LogP contribution is -2.12. The highest BCUT2D eigenvalue weighted by molar-refractivity contribution is 6.32. The molecule has 6 heteroatoms. The molecule has 0 aliphatic heterocycles. The van der Waals surface area contributed by atoms with Crippen molar-refractivity contribution in [1.82, 2.24) is 0 Å². The van der Waals surface area contributed by atoms with E-state index < -0.39 is 0 Å². The Morgan fingerprint density at radius 2 is 1.22 bits per heavy atom. The Morgan fingerprint density at radius 1 is 0.688 bits per heavy atom. The Labute approximate surface area is 199 Å². The third-order valence-electron chi connectivity index (χ3n) is 5.21. The molecule has 1 aromatic rings. The molecule has 182 valence electrons. The summed E-state index contributed by atoms with van der Waals surface area (Å²) in [6, 6.07) is 7.21. The zero-order valence-corrected chi connectivity index (χ0v) is 20.5. The topological polar surface area (TPSA) is 61.8 Å². The summed E-state index contributed by atoms with van der Waals surface area (Å²) < 4.78 is 16.0. The van der Waals surface area contributed by atoms with Crippen LogP contribution < -0.4 is 4.74 Å². The maximum Gasteiger partial charge on any atom is 0.305 e. The zero-order valence-electron chi connectivity index (χ0n) is 19.7. The van der Waals surface area contributed by atoms with Gasteiger partial charge in [-0.05, 0) is 31.4 Å². The second-order valence-electron chi connectivity index (χ2n) is 8.11. The molecular weight excluding hydrogens is 428 g/mol. The van der Waals surface area contributed by atoms with Gasteiger partial charge in [0.2, 0.25) is 0 Å². The summed E-state index contributed by atoms with van der Waals surface area (Å²) in [6.07, 6.45) is 14.0. The van der Waals surface area contributed by atoms with Crippen molar-refractivity contribution < 1.29 is 23.8 Å². The van der Waals surface area contributed by atoms with Gasteiger partial charge in [0, 0.05) is 12.8 Å². The number of para-hydroxylation sites is 1. The number of halogens is 1. The molecule has 0 atom stereocenters. The summed E-state index contributed by atoms with van der Waals surface area (Å²) in [4.78, 5) is 23.5. The molecule has 0 spiro atoms. The quantitative estimate of drug-likeness (QED) is 0.148. The Kier molecular flexibility index (Phi) is 17.6. The number of ether oxygens (including phenoxy) is 3. The fraction of sp³-hybridized carbons (Fsp3) is 0.692. The van der Waals surface area contributed by atoms with Gasteiger partial charge in [-0.15, -0.1) is 0 Å². The first-order valence-electron chi connectivity index (χ1n) is 12.3. The summed E-state index contributed by atoms with van der Waals surface area (Å²) in [6.45, 7) is 3.28. The predicted molar refractivity (Wildman–Crippen MR) is 129 cm³/mol. The standard InChI is InChI=1S/C26H41ClO5/c1-2-3-4-5-10-15-20-31-25(28)18-11-8-6-7-9-12-19-26(29)32-22-21-30-24-17-14-13-16-23(24)27/h13-14,16-17H,2-12,15,18-22H2,1H3. The van der Waals surface area contributed by atoms with Gasteiger partial charge >= 0.3 is 11.9 Å². The summed E-state index contributed by atoms with van der Waals surface area (Å²) in [5.74, 6) is 0.331. The van der Waals surface area contributed by atoms with Crippen molar-refractivity contribution in [3.63, 3.8) is 0 Å². The number of hydrogen-bond donors (Lipinski definition) is 0. The van der Waals surface area contributed by atoms with Gasteiger partial charge in [-0.1, -0.05) is 88.4 Å². The molecule has 32 heavy (non-hydrogen) atoms. The molecule has 0 saturated heterocycles. The van der Waals surface area contributed by atoms with Crippen LogP contribution in [0.25, 0.3) is 0 Å². The lowest BCUT2D eigenvalue weighted by Gasteiger charge is -2.08. The predicted octanol–water partition coefficient (Wildman–Crippen LogP) is 7.29. The van der Waals surface area contributed by atoms with Crippen LogP contribution in [0.1, 0.15) is 96.8 Å². The number of unbranched alkanes of at least 4 members (excludes halogenated alkanes) is 10. The lowest BCUT2D eigenvalue weighted by molar-refractivity contribution is -0.145. The molecule has 0 aliphatic rings. The molecule has 0 aromatic heterocycles. The van der Waals surface area contributed by atoms with E-state index in [2.05, 4.69) is 6.92 Å². The number of carbonyl (C=O) groups is 2. The molecule has 0 aliphatic carbocycles. The minimum absolute atomic E-state index is 0.0696. The molecule has 1 aromatic carbocycles. The monoisotopic (exact) mass is 468 g/mol. The van der Waals surface area contributed by atoms with Gasteiger partial charge in [-0.3, -0.25) is 9.59 Å². The Balaban J connectivity index is 1.84. The van der Waals surface area contributed by atoms with E-state index >= 15 is 0 Å². The molecule has 0 bridgehead atoms. The van der Waals surface area contributed by atoms with Crippen LogP contribution in [0.5, 0.6) is 5.75 Å². The minimum Gasteiger partial charge on any atom is -0.488 e. The van der Waals surface area contributed by atoms with E-state index in [1.807, 2.05) is 12.1 Å². The highest BCUT2D eigenvalue weighted by Crippen LogP contribution is 2.22. The molecule has 0 radical (unpaired) electrons. The first-order chi connectivity index (χ1) is 15.6.